The maximum Gasteiger partial charge on any atom is 0.0521 e. The molecular weight excluding hydrogens is 172 g/mol. The lowest BCUT2D eigenvalue weighted by atomic mass is 10.1. The number of hydrogen-bond acceptors (Lipinski definition) is 1. The van der Waals surface area contributed by atoms with Crippen molar-refractivity contribution in [3.63, 3.8) is 0 Å². The summed E-state index contributed by atoms with van der Waals surface area (Å²) in [6, 6.07) is 0. The van der Waals surface area contributed by atoms with Crippen LogP contribution in [-0.2, 0) is 13.5 Å². The van der Waals surface area contributed by atoms with E-state index in [4.69, 9.17) is 11.6 Å². The summed E-state index contributed by atoms with van der Waals surface area (Å²) in [5.41, 5.74) is 2.55. The molecule has 12 heavy (non-hydrogen) atoms. The quantitative estimate of drug-likeness (QED) is 0.662. The summed E-state index contributed by atoms with van der Waals surface area (Å²) in [5, 5.41) is 4.18. The predicted molar refractivity (Wildman–Crippen MR) is 51.5 cm³/mol. The lowest BCUT2D eigenvalue weighted by Crippen LogP contribution is -2.07. The highest BCUT2D eigenvalue weighted by atomic mass is 35.5. The molecule has 0 fully saturated rings. The SMILES string of the molecule is Cc1cnn(C)c1CC(C)CCl. The van der Waals surface area contributed by atoms with Crippen molar-refractivity contribution in [3.8, 4) is 0 Å². The Hall–Kier alpha value is -0.500. The number of rotatable bonds is 3. The van der Waals surface area contributed by atoms with Crippen LogP contribution in [0.2, 0.25) is 0 Å². The first-order chi connectivity index (χ1) is 5.65. The standard InChI is InChI=1S/C9H15ClN2/c1-7(5-10)4-9-8(2)6-11-12(9)3/h6-7H,4-5H2,1-3H3. The van der Waals surface area contributed by atoms with E-state index >= 15 is 0 Å². The van der Waals surface area contributed by atoms with Crippen LogP contribution in [0.5, 0.6) is 0 Å². The second-order valence-corrected chi connectivity index (χ2v) is 3.67. The smallest absolute Gasteiger partial charge is 0.0521 e. The molecule has 1 heterocycles. The Bertz CT molecular complexity index is 236. The zero-order valence-electron chi connectivity index (χ0n) is 7.84. The molecule has 0 aliphatic rings. The fourth-order valence-electron chi connectivity index (χ4n) is 1.25. The lowest BCUT2D eigenvalue weighted by Gasteiger charge is -2.08. The molecule has 0 aliphatic carbocycles. The van der Waals surface area contributed by atoms with Crippen molar-refractivity contribution < 1.29 is 0 Å². The van der Waals surface area contributed by atoms with Gasteiger partial charge in [-0.3, -0.25) is 4.68 Å². The summed E-state index contributed by atoms with van der Waals surface area (Å²) < 4.78 is 1.93. The molecule has 0 N–H and O–H groups in total. The van der Waals surface area contributed by atoms with Gasteiger partial charge in [-0.25, -0.2) is 0 Å². The van der Waals surface area contributed by atoms with Crippen molar-refractivity contribution >= 4 is 11.6 Å². The molecule has 0 aromatic carbocycles. The average molecular weight is 187 g/mol. The van der Waals surface area contributed by atoms with Gasteiger partial charge in [-0.15, -0.1) is 11.6 Å². The average Bonchev–Trinajstić information content (AvgIpc) is 2.35. The molecule has 1 rings (SSSR count). The number of nitrogens with zero attached hydrogens (tertiary/aromatic N) is 2. The third kappa shape index (κ3) is 2.01. The molecule has 0 spiro atoms. The number of aromatic nitrogens is 2. The van der Waals surface area contributed by atoms with Crippen LogP contribution in [0.25, 0.3) is 0 Å². The van der Waals surface area contributed by atoms with E-state index in [-0.39, 0.29) is 0 Å². The van der Waals surface area contributed by atoms with Crippen LogP contribution in [-0.4, -0.2) is 15.7 Å². The van der Waals surface area contributed by atoms with Crippen molar-refractivity contribution in [1.82, 2.24) is 9.78 Å². The molecule has 1 aromatic rings. The summed E-state index contributed by atoms with van der Waals surface area (Å²) in [7, 11) is 1.98. The Kier molecular flexibility index (Phi) is 3.15. The molecule has 1 unspecified atom stereocenters. The second-order valence-electron chi connectivity index (χ2n) is 3.36. The van der Waals surface area contributed by atoms with Crippen molar-refractivity contribution in [2.75, 3.05) is 5.88 Å². The van der Waals surface area contributed by atoms with Gasteiger partial charge >= 0.3 is 0 Å². The highest BCUT2D eigenvalue weighted by Gasteiger charge is 2.08. The highest BCUT2D eigenvalue weighted by molar-refractivity contribution is 6.18. The van der Waals surface area contributed by atoms with E-state index in [1.807, 2.05) is 17.9 Å². The van der Waals surface area contributed by atoms with E-state index in [0.717, 1.165) is 6.42 Å². The van der Waals surface area contributed by atoms with E-state index < -0.39 is 0 Å². The number of aryl methyl sites for hydroxylation is 2. The highest BCUT2D eigenvalue weighted by Crippen LogP contribution is 2.12. The fourth-order valence-corrected chi connectivity index (χ4v) is 1.36. The van der Waals surface area contributed by atoms with Gasteiger partial charge in [0.05, 0.1) is 6.20 Å². The number of hydrogen-bond donors (Lipinski definition) is 0. The Morgan fingerprint density at radius 2 is 2.33 bits per heavy atom. The second kappa shape index (κ2) is 3.94. The molecule has 0 saturated carbocycles. The normalized spacial score (nSPS) is 13.3. The van der Waals surface area contributed by atoms with Crippen molar-refractivity contribution in [1.29, 1.82) is 0 Å². The van der Waals surface area contributed by atoms with Gasteiger partial charge in [0.2, 0.25) is 0 Å². The Labute approximate surface area is 78.5 Å². The number of halogens is 1. The zero-order valence-corrected chi connectivity index (χ0v) is 8.60. The maximum absolute atomic E-state index is 5.74. The van der Waals surface area contributed by atoms with E-state index in [2.05, 4.69) is 18.9 Å². The Morgan fingerprint density at radius 1 is 1.67 bits per heavy atom. The van der Waals surface area contributed by atoms with Gasteiger partial charge in [-0.1, -0.05) is 6.92 Å². The first-order valence-electron chi connectivity index (χ1n) is 4.18. The minimum absolute atomic E-state index is 0.528. The Balaban J connectivity index is 2.73. The largest absolute Gasteiger partial charge is 0.272 e. The summed E-state index contributed by atoms with van der Waals surface area (Å²) in [5.74, 6) is 1.24. The van der Waals surface area contributed by atoms with Crippen LogP contribution in [0.3, 0.4) is 0 Å². The van der Waals surface area contributed by atoms with E-state index in [1.165, 1.54) is 11.3 Å². The van der Waals surface area contributed by atoms with Crippen molar-refractivity contribution in [3.05, 3.63) is 17.5 Å². The summed E-state index contributed by atoms with van der Waals surface area (Å²) in [6.45, 7) is 4.24. The summed E-state index contributed by atoms with van der Waals surface area (Å²) >= 11 is 5.74. The fraction of sp³-hybridized carbons (Fsp3) is 0.667. The Morgan fingerprint density at radius 3 is 2.75 bits per heavy atom. The third-order valence-corrected chi connectivity index (χ3v) is 2.60. The van der Waals surface area contributed by atoms with Gasteiger partial charge in [0.15, 0.2) is 0 Å². The number of alkyl halides is 1. The molecule has 0 bridgehead atoms. The molecule has 0 amide bonds. The van der Waals surface area contributed by atoms with E-state index in [1.54, 1.807) is 0 Å². The predicted octanol–water partition coefficient (Wildman–Crippen LogP) is 2.15. The van der Waals surface area contributed by atoms with Crippen LogP contribution in [0, 0.1) is 12.8 Å². The van der Waals surface area contributed by atoms with Crippen LogP contribution < -0.4 is 0 Å². The van der Waals surface area contributed by atoms with Gasteiger partial charge in [-0.05, 0) is 24.8 Å². The van der Waals surface area contributed by atoms with Gasteiger partial charge in [0.25, 0.3) is 0 Å². The third-order valence-electron chi connectivity index (χ3n) is 2.08. The molecule has 68 valence electrons. The van der Waals surface area contributed by atoms with Gasteiger partial charge in [-0.2, -0.15) is 5.10 Å². The van der Waals surface area contributed by atoms with Crippen LogP contribution in [0.1, 0.15) is 18.2 Å². The van der Waals surface area contributed by atoms with Crippen molar-refractivity contribution in [2.45, 2.75) is 20.3 Å². The summed E-state index contributed by atoms with van der Waals surface area (Å²) in [4.78, 5) is 0. The topological polar surface area (TPSA) is 17.8 Å². The van der Waals surface area contributed by atoms with Gasteiger partial charge < -0.3 is 0 Å². The molecular formula is C9H15ClN2. The first kappa shape index (κ1) is 9.59. The minimum atomic E-state index is 0.528. The monoisotopic (exact) mass is 186 g/mol. The molecule has 1 atom stereocenters. The van der Waals surface area contributed by atoms with E-state index in [9.17, 15) is 0 Å². The van der Waals surface area contributed by atoms with Crippen molar-refractivity contribution in [2.24, 2.45) is 13.0 Å². The maximum atomic E-state index is 5.74. The molecule has 0 saturated heterocycles. The first-order valence-corrected chi connectivity index (χ1v) is 4.72. The molecule has 2 nitrogen and oxygen atoms in total. The zero-order chi connectivity index (χ0) is 9.14. The molecule has 0 aliphatic heterocycles. The van der Waals surface area contributed by atoms with Crippen LogP contribution in [0.15, 0.2) is 6.20 Å². The van der Waals surface area contributed by atoms with Crippen LogP contribution in [0.4, 0.5) is 0 Å². The minimum Gasteiger partial charge on any atom is -0.272 e. The van der Waals surface area contributed by atoms with Gasteiger partial charge in [0.1, 0.15) is 0 Å². The molecule has 3 heteroatoms. The lowest BCUT2D eigenvalue weighted by molar-refractivity contribution is 0.598. The molecule has 0 radical (unpaired) electrons. The van der Waals surface area contributed by atoms with Crippen LogP contribution >= 0.6 is 11.6 Å². The summed E-state index contributed by atoms with van der Waals surface area (Å²) in [6.07, 6.45) is 2.92. The molecule has 1 aromatic heterocycles. The van der Waals surface area contributed by atoms with E-state index in [0.29, 0.717) is 11.8 Å². The van der Waals surface area contributed by atoms with Gasteiger partial charge in [0, 0.05) is 18.6 Å².